The van der Waals surface area contributed by atoms with E-state index in [1.165, 1.54) is 19.4 Å². The first-order chi connectivity index (χ1) is 5.01. The molecule has 1 heterocycles. The van der Waals surface area contributed by atoms with Gasteiger partial charge in [0.1, 0.15) is 0 Å². The molecule has 0 amide bonds. The molecule has 2 heteroatoms. The largest absolute Gasteiger partial charge is 0.324 e. The standard InChI is InChI=1S/C9H20N2/c1-8(2)11-6-4-5-9(3,10)7-11/h8H,4-7,10H2,1-3H3/t9-/m1/s1. The van der Waals surface area contributed by atoms with Gasteiger partial charge in [-0.2, -0.15) is 0 Å². The molecule has 1 saturated heterocycles. The van der Waals surface area contributed by atoms with Gasteiger partial charge < -0.3 is 5.73 Å². The topological polar surface area (TPSA) is 29.3 Å². The predicted octanol–water partition coefficient (Wildman–Crippen LogP) is 1.21. The van der Waals surface area contributed by atoms with Gasteiger partial charge >= 0.3 is 0 Å². The molecule has 0 spiro atoms. The van der Waals surface area contributed by atoms with Crippen molar-refractivity contribution < 1.29 is 0 Å². The average molecular weight is 156 g/mol. The van der Waals surface area contributed by atoms with Gasteiger partial charge in [0.15, 0.2) is 0 Å². The minimum absolute atomic E-state index is 0.0581. The van der Waals surface area contributed by atoms with Crippen LogP contribution in [0.3, 0.4) is 0 Å². The number of piperidine rings is 1. The lowest BCUT2D eigenvalue weighted by molar-refractivity contribution is 0.128. The molecular weight excluding hydrogens is 136 g/mol. The van der Waals surface area contributed by atoms with Crippen LogP contribution in [0.1, 0.15) is 33.6 Å². The molecule has 0 saturated carbocycles. The molecule has 0 aromatic carbocycles. The van der Waals surface area contributed by atoms with Crippen LogP contribution >= 0.6 is 0 Å². The second-order valence-corrected chi connectivity index (χ2v) is 4.32. The van der Waals surface area contributed by atoms with E-state index in [2.05, 4.69) is 25.7 Å². The normalized spacial score (nSPS) is 34.6. The van der Waals surface area contributed by atoms with E-state index in [-0.39, 0.29) is 5.54 Å². The van der Waals surface area contributed by atoms with Crippen LogP contribution in [0.5, 0.6) is 0 Å². The maximum atomic E-state index is 6.06. The summed E-state index contributed by atoms with van der Waals surface area (Å²) in [6.45, 7) is 8.92. The van der Waals surface area contributed by atoms with Crippen LogP contribution in [0.2, 0.25) is 0 Å². The third-order valence-electron chi connectivity index (χ3n) is 2.49. The Morgan fingerprint density at radius 1 is 1.45 bits per heavy atom. The van der Waals surface area contributed by atoms with Crippen molar-refractivity contribution in [1.29, 1.82) is 0 Å². The van der Waals surface area contributed by atoms with E-state index in [1.807, 2.05) is 0 Å². The lowest BCUT2D eigenvalue weighted by Crippen LogP contribution is -2.53. The fourth-order valence-electron chi connectivity index (χ4n) is 1.75. The van der Waals surface area contributed by atoms with Gasteiger partial charge in [-0.05, 0) is 40.2 Å². The molecule has 0 aromatic heterocycles. The van der Waals surface area contributed by atoms with E-state index in [9.17, 15) is 0 Å². The smallest absolute Gasteiger partial charge is 0.0255 e. The predicted molar refractivity (Wildman–Crippen MR) is 48.5 cm³/mol. The van der Waals surface area contributed by atoms with Crippen molar-refractivity contribution in [1.82, 2.24) is 4.90 Å². The fraction of sp³-hybridized carbons (Fsp3) is 1.00. The van der Waals surface area contributed by atoms with E-state index in [0.29, 0.717) is 6.04 Å². The summed E-state index contributed by atoms with van der Waals surface area (Å²) in [6, 6.07) is 0.651. The highest BCUT2D eigenvalue weighted by atomic mass is 15.2. The Balaban J connectivity index is 2.46. The molecule has 0 bridgehead atoms. The Morgan fingerprint density at radius 3 is 2.45 bits per heavy atom. The molecule has 1 fully saturated rings. The SMILES string of the molecule is CC(C)N1CCC[C@@](C)(N)C1. The molecule has 1 aliphatic heterocycles. The van der Waals surface area contributed by atoms with E-state index < -0.39 is 0 Å². The minimum atomic E-state index is 0.0581. The molecule has 0 aromatic rings. The van der Waals surface area contributed by atoms with Crippen LogP contribution in [0.15, 0.2) is 0 Å². The molecule has 0 aliphatic carbocycles. The van der Waals surface area contributed by atoms with E-state index in [0.717, 1.165) is 6.54 Å². The third-order valence-corrected chi connectivity index (χ3v) is 2.49. The number of nitrogens with two attached hydrogens (primary N) is 1. The lowest BCUT2D eigenvalue weighted by atomic mass is 9.92. The van der Waals surface area contributed by atoms with Crippen molar-refractivity contribution in [2.24, 2.45) is 5.73 Å². The number of hydrogen-bond acceptors (Lipinski definition) is 2. The second kappa shape index (κ2) is 3.11. The molecular formula is C9H20N2. The number of hydrogen-bond donors (Lipinski definition) is 1. The van der Waals surface area contributed by atoms with Crippen LogP contribution in [0.4, 0.5) is 0 Å². The third kappa shape index (κ3) is 2.46. The Kier molecular flexibility index (Phi) is 2.55. The molecule has 1 aliphatic rings. The van der Waals surface area contributed by atoms with Crippen molar-refractivity contribution in [3.63, 3.8) is 0 Å². The summed E-state index contributed by atoms with van der Waals surface area (Å²) in [6.07, 6.45) is 2.43. The van der Waals surface area contributed by atoms with Gasteiger partial charge in [0.2, 0.25) is 0 Å². The lowest BCUT2D eigenvalue weighted by Gasteiger charge is -2.40. The molecule has 11 heavy (non-hydrogen) atoms. The summed E-state index contributed by atoms with van der Waals surface area (Å²) in [7, 11) is 0. The van der Waals surface area contributed by atoms with Crippen LogP contribution in [0.25, 0.3) is 0 Å². The van der Waals surface area contributed by atoms with Gasteiger partial charge in [0, 0.05) is 18.1 Å². The monoisotopic (exact) mass is 156 g/mol. The van der Waals surface area contributed by atoms with E-state index >= 15 is 0 Å². The van der Waals surface area contributed by atoms with Gasteiger partial charge in [-0.3, -0.25) is 4.90 Å². The van der Waals surface area contributed by atoms with E-state index in [4.69, 9.17) is 5.73 Å². The molecule has 2 nitrogen and oxygen atoms in total. The van der Waals surface area contributed by atoms with Gasteiger partial charge in [0.25, 0.3) is 0 Å². The molecule has 1 atom stereocenters. The molecule has 2 N–H and O–H groups in total. The minimum Gasteiger partial charge on any atom is -0.324 e. The maximum absolute atomic E-state index is 6.06. The zero-order chi connectivity index (χ0) is 8.48. The fourth-order valence-corrected chi connectivity index (χ4v) is 1.75. The van der Waals surface area contributed by atoms with Crippen molar-refractivity contribution in [2.45, 2.75) is 45.2 Å². The number of nitrogens with zero attached hydrogens (tertiary/aromatic N) is 1. The van der Waals surface area contributed by atoms with Crippen LogP contribution in [0, 0.1) is 0 Å². The first-order valence-corrected chi connectivity index (χ1v) is 4.54. The van der Waals surface area contributed by atoms with Crippen molar-refractivity contribution >= 4 is 0 Å². The summed E-state index contributed by atoms with van der Waals surface area (Å²) in [5.41, 5.74) is 6.12. The summed E-state index contributed by atoms with van der Waals surface area (Å²) in [4.78, 5) is 2.46. The Hall–Kier alpha value is -0.0800. The summed E-state index contributed by atoms with van der Waals surface area (Å²) in [5, 5.41) is 0. The number of likely N-dealkylation sites (tertiary alicyclic amines) is 1. The maximum Gasteiger partial charge on any atom is 0.0255 e. The van der Waals surface area contributed by atoms with Gasteiger partial charge in [-0.25, -0.2) is 0 Å². The van der Waals surface area contributed by atoms with Crippen molar-refractivity contribution in [2.75, 3.05) is 13.1 Å². The van der Waals surface area contributed by atoms with Crippen molar-refractivity contribution in [3.05, 3.63) is 0 Å². The van der Waals surface area contributed by atoms with Crippen LogP contribution in [-0.4, -0.2) is 29.6 Å². The highest BCUT2D eigenvalue weighted by Gasteiger charge is 2.27. The second-order valence-electron chi connectivity index (χ2n) is 4.32. The van der Waals surface area contributed by atoms with Crippen LogP contribution < -0.4 is 5.73 Å². The summed E-state index contributed by atoms with van der Waals surface area (Å²) in [5.74, 6) is 0. The Bertz CT molecular complexity index is 130. The van der Waals surface area contributed by atoms with E-state index in [1.54, 1.807) is 0 Å². The quantitative estimate of drug-likeness (QED) is 0.618. The first-order valence-electron chi connectivity index (χ1n) is 4.54. The first kappa shape index (κ1) is 9.01. The van der Waals surface area contributed by atoms with Gasteiger partial charge in [-0.1, -0.05) is 0 Å². The summed E-state index contributed by atoms with van der Waals surface area (Å²) >= 11 is 0. The summed E-state index contributed by atoms with van der Waals surface area (Å²) < 4.78 is 0. The highest BCUT2D eigenvalue weighted by molar-refractivity contribution is 4.88. The van der Waals surface area contributed by atoms with Crippen LogP contribution in [-0.2, 0) is 0 Å². The highest BCUT2D eigenvalue weighted by Crippen LogP contribution is 2.19. The Morgan fingerprint density at radius 2 is 2.09 bits per heavy atom. The molecule has 0 unspecified atom stereocenters. The van der Waals surface area contributed by atoms with Gasteiger partial charge in [-0.15, -0.1) is 0 Å². The zero-order valence-corrected chi connectivity index (χ0v) is 7.93. The van der Waals surface area contributed by atoms with Gasteiger partial charge in [0.05, 0.1) is 0 Å². The molecule has 0 radical (unpaired) electrons. The number of rotatable bonds is 1. The zero-order valence-electron chi connectivity index (χ0n) is 7.93. The Labute approximate surface area is 69.8 Å². The average Bonchev–Trinajstić information content (AvgIpc) is 1.85. The molecule has 66 valence electrons. The molecule has 1 rings (SSSR count). The van der Waals surface area contributed by atoms with Crippen molar-refractivity contribution in [3.8, 4) is 0 Å².